The lowest BCUT2D eigenvalue weighted by Crippen LogP contribution is -2.38. The molecule has 0 atom stereocenters. The minimum atomic E-state index is -3.33. The van der Waals surface area contributed by atoms with Crippen molar-refractivity contribution >= 4 is 15.7 Å². The zero-order valence-corrected chi connectivity index (χ0v) is 11.9. The minimum Gasteiger partial charge on any atom is -0.384 e. The van der Waals surface area contributed by atoms with Gasteiger partial charge in [0.25, 0.3) is 0 Å². The van der Waals surface area contributed by atoms with Gasteiger partial charge in [-0.05, 0) is 12.8 Å². The van der Waals surface area contributed by atoms with Crippen LogP contribution in [0.2, 0.25) is 0 Å². The summed E-state index contributed by atoms with van der Waals surface area (Å²) in [6, 6.07) is 0. The SMILES string of the molecule is COCCS(=O)(=O)CC(=O)N1CCCCCCC1. The molecular weight excluding hydrogens is 254 g/mol. The molecule has 106 valence electrons. The number of nitrogens with zero attached hydrogens (tertiary/aromatic N) is 1. The lowest BCUT2D eigenvalue weighted by molar-refractivity contribution is -0.128. The molecule has 1 amide bonds. The molecule has 0 N–H and O–H groups in total. The maximum atomic E-state index is 11.9. The van der Waals surface area contributed by atoms with E-state index in [-0.39, 0.29) is 24.0 Å². The Morgan fingerprint density at radius 1 is 1.11 bits per heavy atom. The van der Waals surface area contributed by atoms with Gasteiger partial charge in [-0.3, -0.25) is 4.79 Å². The molecule has 0 aromatic carbocycles. The number of hydrogen-bond acceptors (Lipinski definition) is 4. The van der Waals surface area contributed by atoms with Crippen LogP contribution in [0.1, 0.15) is 32.1 Å². The highest BCUT2D eigenvalue weighted by Gasteiger charge is 2.21. The number of ether oxygens (including phenoxy) is 1. The highest BCUT2D eigenvalue weighted by molar-refractivity contribution is 7.92. The van der Waals surface area contributed by atoms with Gasteiger partial charge in [0.15, 0.2) is 9.84 Å². The van der Waals surface area contributed by atoms with Gasteiger partial charge in [-0.25, -0.2) is 8.42 Å². The van der Waals surface area contributed by atoms with Crippen molar-refractivity contribution in [1.29, 1.82) is 0 Å². The molecule has 0 saturated carbocycles. The van der Waals surface area contributed by atoms with E-state index in [0.717, 1.165) is 25.7 Å². The fourth-order valence-electron chi connectivity index (χ4n) is 2.06. The molecule has 0 unspecified atom stereocenters. The van der Waals surface area contributed by atoms with Crippen LogP contribution < -0.4 is 0 Å². The zero-order chi connectivity index (χ0) is 13.4. The van der Waals surface area contributed by atoms with Crippen LogP contribution in [0.15, 0.2) is 0 Å². The van der Waals surface area contributed by atoms with Crippen molar-refractivity contribution in [2.75, 3.05) is 38.3 Å². The van der Waals surface area contributed by atoms with E-state index in [4.69, 9.17) is 4.74 Å². The molecule has 1 rings (SSSR count). The summed E-state index contributed by atoms with van der Waals surface area (Å²) in [5, 5.41) is 0. The van der Waals surface area contributed by atoms with Crippen molar-refractivity contribution in [1.82, 2.24) is 4.90 Å². The maximum absolute atomic E-state index is 11.9. The van der Waals surface area contributed by atoms with Crippen LogP contribution in [-0.4, -0.2) is 57.5 Å². The fourth-order valence-corrected chi connectivity index (χ4v) is 3.18. The number of sulfone groups is 1. The first-order valence-corrected chi connectivity index (χ1v) is 8.34. The quantitative estimate of drug-likeness (QED) is 0.747. The Bertz CT molecular complexity index is 345. The summed E-state index contributed by atoms with van der Waals surface area (Å²) < 4.78 is 28.1. The lowest BCUT2D eigenvalue weighted by Gasteiger charge is -2.24. The van der Waals surface area contributed by atoms with Crippen LogP contribution in [0.5, 0.6) is 0 Å². The Labute approximate surface area is 109 Å². The Morgan fingerprint density at radius 3 is 2.22 bits per heavy atom. The third kappa shape index (κ3) is 5.82. The van der Waals surface area contributed by atoms with E-state index < -0.39 is 9.84 Å². The Hall–Kier alpha value is -0.620. The summed E-state index contributed by atoms with van der Waals surface area (Å²) in [6.45, 7) is 1.53. The van der Waals surface area contributed by atoms with E-state index in [0.29, 0.717) is 13.1 Å². The third-order valence-corrected chi connectivity index (χ3v) is 4.63. The largest absolute Gasteiger partial charge is 0.384 e. The Kier molecular flexibility index (Phi) is 6.63. The predicted molar refractivity (Wildman–Crippen MR) is 70.2 cm³/mol. The second-order valence-electron chi connectivity index (χ2n) is 4.73. The van der Waals surface area contributed by atoms with Gasteiger partial charge in [0.05, 0.1) is 12.4 Å². The van der Waals surface area contributed by atoms with Gasteiger partial charge in [-0.15, -0.1) is 0 Å². The first kappa shape index (κ1) is 15.4. The van der Waals surface area contributed by atoms with Crippen molar-refractivity contribution in [2.45, 2.75) is 32.1 Å². The number of amides is 1. The fraction of sp³-hybridized carbons (Fsp3) is 0.917. The zero-order valence-electron chi connectivity index (χ0n) is 11.1. The second kappa shape index (κ2) is 7.74. The number of carbonyl (C=O) groups excluding carboxylic acids is 1. The summed E-state index contributed by atoms with van der Waals surface area (Å²) in [6.07, 6.45) is 5.42. The van der Waals surface area contributed by atoms with Crippen LogP contribution in [0.25, 0.3) is 0 Å². The van der Waals surface area contributed by atoms with Gasteiger partial charge >= 0.3 is 0 Å². The average molecular weight is 277 g/mol. The molecule has 1 aliphatic heterocycles. The van der Waals surface area contributed by atoms with Crippen LogP contribution in [0.3, 0.4) is 0 Å². The van der Waals surface area contributed by atoms with Gasteiger partial charge in [0, 0.05) is 20.2 Å². The molecule has 0 aromatic heterocycles. The maximum Gasteiger partial charge on any atom is 0.237 e. The Morgan fingerprint density at radius 2 is 1.67 bits per heavy atom. The van der Waals surface area contributed by atoms with E-state index in [2.05, 4.69) is 0 Å². The van der Waals surface area contributed by atoms with E-state index in [1.807, 2.05) is 0 Å². The molecule has 1 fully saturated rings. The molecule has 1 heterocycles. The van der Waals surface area contributed by atoms with Crippen LogP contribution >= 0.6 is 0 Å². The van der Waals surface area contributed by atoms with Crippen molar-refractivity contribution in [2.24, 2.45) is 0 Å². The van der Waals surface area contributed by atoms with E-state index in [9.17, 15) is 13.2 Å². The number of likely N-dealkylation sites (tertiary alicyclic amines) is 1. The number of rotatable bonds is 5. The molecule has 0 aliphatic carbocycles. The van der Waals surface area contributed by atoms with Gasteiger partial charge in [0.1, 0.15) is 5.75 Å². The van der Waals surface area contributed by atoms with Crippen molar-refractivity contribution in [3.8, 4) is 0 Å². The molecule has 6 heteroatoms. The van der Waals surface area contributed by atoms with Crippen molar-refractivity contribution < 1.29 is 17.9 Å². The van der Waals surface area contributed by atoms with Crippen LogP contribution in [0, 0.1) is 0 Å². The van der Waals surface area contributed by atoms with Crippen molar-refractivity contribution in [3.63, 3.8) is 0 Å². The van der Waals surface area contributed by atoms with Gasteiger partial charge in [-0.2, -0.15) is 0 Å². The molecule has 0 spiro atoms. The summed E-state index contributed by atoms with van der Waals surface area (Å²) >= 11 is 0. The van der Waals surface area contributed by atoms with Gasteiger partial charge < -0.3 is 9.64 Å². The Balaban J connectivity index is 2.47. The molecule has 1 saturated heterocycles. The molecule has 18 heavy (non-hydrogen) atoms. The van der Waals surface area contributed by atoms with E-state index in [1.54, 1.807) is 4.90 Å². The highest BCUT2D eigenvalue weighted by atomic mass is 32.2. The molecule has 1 aliphatic rings. The standard InChI is InChI=1S/C12H23NO4S/c1-17-9-10-18(15,16)11-12(14)13-7-5-3-2-4-6-8-13/h2-11H2,1H3. The minimum absolute atomic E-state index is 0.0803. The monoisotopic (exact) mass is 277 g/mol. The van der Waals surface area contributed by atoms with Gasteiger partial charge in [0.2, 0.25) is 5.91 Å². The summed E-state index contributed by atoms with van der Waals surface area (Å²) in [5.74, 6) is -0.715. The van der Waals surface area contributed by atoms with Crippen LogP contribution in [0.4, 0.5) is 0 Å². The van der Waals surface area contributed by atoms with E-state index in [1.165, 1.54) is 13.5 Å². The summed E-state index contributed by atoms with van der Waals surface area (Å²) in [7, 11) is -1.88. The lowest BCUT2D eigenvalue weighted by atomic mass is 10.1. The predicted octanol–water partition coefficient (Wildman–Crippen LogP) is 0.840. The first-order chi connectivity index (χ1) is 8.55. The molecular formula is C12H23NO4S. The number of methoxy groups -OCH3 is 1. The smallest absolute Gasteiger partial charge is 0.237 e. The average Bonchev–Trinajstić information content (AvgIpc) is 2.25. The van der Waals surface area contributed by atoms with Gasteiger partial charge in [-0.1, -0.05) is 19.3 Å². The number of carbonyl (C=O) groups is 1. The highest BCUT2D eigenvalue weighted by Crippen LogP contribution is 2.11. The second-order valence-corrected chi connectivity index (χ2v) is 6.92. The first-order valence-electron chi connectivity index (χ1n) is 6.52. The topological polar surface area (TPSA) is 63.7 Å². The summed E-state index contributed by atoms with van der Waals surface area (Å²) in [4.78, 5) is 13.6. The third-order valence-electron chi connectivity index (χ3n) is 3.15. The summed E-state index contributed by atoms with van der Waals surface area (Å²) in [5.41, 5.74) is 0. The normalized spacial score (nSPS) is 18.2. The molecule has 5 nitrogen and oxygen atoms in total. The van der Waals surface area contributed by atoms with Crippen LogP contribution in [-0.2, 0) is 19.4 Å². The van der Waals surface area contributed by atoms with Crippen molar-refractivity contribution in [3.05, 3.63) is 0 Å². The molecule has 0 bridgehead atoms. The molecule has 0 radical (unpaired) electrons. The van der Waals surface area contributed by atoms with E-state index >= 15 is 0 Å². The number of hydrogen-bond donors (Lipinski definition) is 0. The molecule has 0 aromatic rings.